The first kappa shape index (κ1) is 15.2. The summed E-state index contributed by atoms with van der Waals surface area (Å²) in [6.45, 7) is 8.19. The summed E-state index contributed by atoms with van der Waals surface area (Å²) in [6, 6.07) is 0. The van der Waals surface area contributed by atoms with Gasteiger partial charge in [0.2, 0.25) is 0 Å². The SMILES string of the molecule is CCCC1(C(=O)Cc2ncnn2CC(C)C)CCCN1. The number of carbonyl (C=O) groups excluding carboxylic acids is 1. The van der Waals surface area contributed by atoms with Crippen LogP contribution in [0.4, 0.5) is 0 Å². The lowest BCUT2D eigenvalue weighted by Crippen LogP contribution is -2.48. The predicted octanol–water partition coefficient (Wildman–Crippen LogP) is 1.97. The third-order valence-corrected chi connectivity index (χ3v) is 4.01. The van der Waals surface area contributed by atoms with Crippen molar-refractivity contribution in [1.82, 2.24) is 20.1 Å². The molecule has 5 nitrogen and oxygen atoms in total. The van der Waals surface area contributed by atoms with Crippen molar-refractivity contribution in [2.24, 2.45) is 5.92 Å². The van der Waals surface area contributed by atoms with E-state index in [0.29, 0.717) is 12.3 Å². The van der Waals surface area contributed by atoms with Crippen LogP contribution in [0.1, 0.15) is 52.3 Å². The fraction of sp³-hybridized carbons (Fsp3) is 0.800. The van der Waals surface area contributed by atoms with E-state index in [1.807, 2.05) is 4.68 Å². The molecule has 0 amide bonds. The molecule has 1 aromatic rings. The minimum Gasteiger partial charge on any atom is -0.305 e. The van der Waals surface area contributed by atoms with Crippen LogP contribution < -0.4 is 5.32 Å². The van der Waals surface area contributed by atoms with E-state index in [-0.39, 0.29) is 11.3 Å². The third kappa shape index (κ3) is 3.26. The van der Waals surface area contributed by atoms with Gasteiger partial charge in [-0.05, 0) is 31.7 Å². The van der Waals surface area contributed by atoms with E-state index in [1.54, 1.807) is 6.33 Å². The summed E-state index contributed by atoms with van der Waals surface area (Å²) in [5.74, 6) is 1.57. The highest BCUT2D eigenvalue weighted by Gasteiger charge is 2.39. The Morgan fingerprint density at radius 3 is 2.95 bits per heavy atom. The topological polar surface area (TPSA) is 59.8 Å². The number of ketones is 1. The lowest BCUT2D eigenvalue weighted by Gasteiger charge is -2.27. The third-order valence-electron chi connectivity index (χ3n) is 4.01. The van der Waals surface area contributed by atoms with E-state index in [9.17, 15) is 4.79 Å². The van der Waals surface area contributed by atoms with Crippen LogP contribution in [-0.4, -0.2) is 32.6 Å². The van der Waals surface area contributed by atoms with Gasteiger partial charge < -0.3 is 5.32 Å². The summed E-state index contributed by atoms with van der Waals surface area (Å²) in [6.07, 6.45) is 5.93. The Morgan fingerprint density at radius 2 is 2.35 bits per heavy atom. The van der Waals surface area contributed by atoms with E-state index >= 15 is 0 Å². The largest absolute Gasteiger partial charge is 0.305 e. The molecule has 1 aromatic heterocycles. The van der Waals surface area contributed by atoms with Crippen LogP contribution in [0.3, 0.4) is 0 Å². The van der Waals surface area contributed by atoms with E-state index in [0.717, 1.165) is 44.6 Å². The second kappa shape index (κ2) is 6.48. The molecule has 1 aliphatic rings. The lowest BCUT2D eigenvalue weighted by atomic mass is 9.85. The number of carbonyl (C=O) groups is 1. The van der Waals surface area contributed by atoms with Crippen LogP contribution in [0.5, 0.6) is 0 Å². The molecule has 0 saturated carbocycles. The maximum atomic E-state index is 12.7. The normalized spacial score (nSPS) is 22.6. The summed E-state index contributed by atoms with van der Waals surface area (Å²) in [7, 11) is 0. The fourth-order valence-electron chi connectivity index (χ4n) is 3.06. The number of nitrogens with one attached hydrogen (secondary N) is 1. The molecule has 112 valence electrons. The summed E-state index contributed by atoms with van der Waals surface area (Å²) in [5, 5.41) is 7.67. The molecule has 2 rings (SSSR count). The van der Waals surface area contributed by atoms with E-state index in [1.165, 1.54) is 0 Å². The van der Waals surface area contributed by atoms with Gasteiger partial charge in [-0.1, -0.05) is 27.2 Å². The zero-order chi connectivity index (χ0) is 14.6. The maximum Gasteiger partial charge on any atom is 0.160 e. The molecule has 0 aliphatic carbocycles. The molecule has 1 fully saturated rings. The van der Waals surface area contributed by atoms with Crippen LogP contribution in [0.25, 0.3) is 0 Å². The molecule has 0 radical (unpaired) electrons. The smallest absolute Gasteiger partial charge is 0.160 e. The number of hydrogen-bond donors (Lipinski definition) is 1. The molecule has 5 heteroatoms. The van der Waals surface area contributed by atoms with Gasteiger partial charge in [0, 0.05) is 6.54 Å². The average Bonchev–Trinajstić information content (AvgIpc) is 3.00. The van der Waals surface area contributed by atoms with Crippen LogP contribution in [0.15, 0.2) is 6.33 Å². The van der Waals surface area contributed by atoms with Gasteiger partial charge in [-0.15, -0.1) is 0 Å². The molecule has 1 saturated heterocycles. The van der Waals surface area contributed by atoms with Crippen LogP contribution in [-0.2, 0) is 17.8 Å². The Morgan fingerprint density at radius 1 is 1.55 bits per heavy atom. The van der Waals surface area contributed by atoms with E-state index in [2.05, 4.69) is 36.2 Å². The molecule has 1 unspecified atom stereocenters. The van der Waals surface area contributed by atoms with Crippen LogP contribution >= 0.6 is 0 Å². The number of aromatic nitrogens is 3. The predicted molar refractivity (Wildman–Crippen MR) is 78.4 cm³/mol. The van der Waals surface area contributed by atoms with Crippen molar-refractivity contribution < 1.29 is 4.79 Å². The molecule has 20 heavy (non-hydrogen) atoms. The summed E-state index contributed by atoms with van der Waals surface area (Å²) in [5.41, 5.74) is -0.316. The Balaban J connectivity index is 2.08. The average molecular weight is 278 g/mol. The van der Waals surface area contributed by atoms with Gasteiger partial charge in [-0.3, -0.25) is 4.79 Å². The summed E-state index contributed by atoms with van der Waals surface area (Å²) < 4.78 is 1.87. The van der Waals surface area contributed by atoms with Gasteiger partial charge in [-0.25, -0.2) is 9.67 Å². The minimum absolute atomic E-state index is 0.273. The van der Waals surface area contributed by atoms with E-state index < -0.39 is 0 Å². The zero-order valence-electron chi connectivity index (χ0n) is 12.9. The van der Waals surface area contributed by atoms with Gasteiger partial charge in [-0.2, -0.15) is 5.10 Å². The number of nitrogens with zero attached hydrogens (tertiary/aromatic N) is 3. The van der Waals surface area contributed by atoms with Gasteiger partial charge in [0.1, 0.15) is 12.2 Å². The number of rotatable bonds is 7. The highest BCUT2D eigenvalue weighted by atomic mass is 16.1. The first-order valence-corrected chi connectivity index (χ1v) is 7.72. The quantitative estimate of drug-likeness (QED) is 0.828. The molecular formula is C15H26N4O. The molecule has 0 aromatic carbocycles. The molecule has 1 aliphatic heterocycles. The van der Waals surface area contributed by atoms with Crippen molar-refractivity contribution >= 4 is 5.78 Å². The van der Waals surface area contributed by atoms with Gasteiger partial charge >= 0.3 is 0 Å². The second-order valence-corrected chi connectivity index (χ2v) is 6.21. The molecule has 2 heterocycles. The van der Waals surface area contributed by atoms with Gasteiger partial charge in [0.15, 0.2) is 5.78 Å². The number of hydrogen-bond acceptors (Lipinski definition) is 4. The summed E-state index contributed by atoms with van der Waals surface area (Å²) in [4.78, 5) is 17.0. The Bertz CT molecular complexity index is 446. The second-order valence-electron chi connectivity index (χ2n) is 6.21. The zero-order valence-corrected chi connectivity index (χ0v) is 12.9. The minimum atomic E-state index is -0.316. The first-order chi connectivity index (χ1) is 9.57. The van der Waals surface area contributed by atoms with Crippen molar-refractivity contribution in [3.63, 3.8) is 0 Å². The van der Waals surface area contributed by atoms with Crippen molar-refractivity contribution in [2.75, 3.05) is 6.54 Å². The number of Topliss-reactive ketones (excluding diaryl/α,β-unsaturated/α-hetero) is 1. The van der Waals surface area contributed by atoms with Gasteiger partial charge in [0.05, 0.1) is 12.0 Å². The Kier molecular flexibility index (Phi) is 4.91. The molecule has 0 bridgehead atoms. The molecule has 1 N–H and O–H groups in total. The monoisotopic (exact) mass is 278 g/mol. The molecular weight excluding hydrogens is 252 g/mol. The highest BCUT2D eigenvalue weighted by Crippen LogP contribution is 2.27. The van der Waals surface area contributed by atoms with Crippen LogP contribution in [0, 0.1) is 5.92 Å². The molecule has 0 spiro atoms. The maximum absolute atomic E-state index is 12.7. The standard InChI is InChI=1S/C15H26N4O/c1-4-6-15(7-5-8-17-15)13(20)9-14-16-11-18-19(14)10-12(2)3/h11-12,17H,4-10H2,1-3H3. The van der Waals surface area contributed by atoms with Gasteiger partial charge in [0.25, 0.3) is 0 Å². The Labute approximate surface area is 121 Å². The highest BCUT2D eigenvalue weighted by molar-refractivity contribution is 5.90. The summed E-state index contributed by atoms with van der Waals surface area (Å²) >= 11 is 0. The van der Waals surface area contributed by atoms with E-state index in [4.69, 9.17) is 0 Å². The fourth-order valence-corrected chi connectivity index (χ4v) is 3.06. The lowest BCUT2D eigenvalue weighted by molar-refractivity contribution is -0.124. The molecule has 1 atom stereocenters. The Hall–Kier alpha value is -1.23. The van der Waals surface area contributed by atoms with Crippen molar-refractivity contribution in [3.8, 4) is 0 Å². The first-order valence-electron chi connectivity index (χ1n) is 7.72. The van der Waals surface area contributed by atoms with Crippen LogP contribution in [0.2, 0.25) is 0 Å². The van der Waals surface area contributed by atoms with Crippen molar-refractivity contribution in [2.45, 2.75) is 65.0 Å². The van der Waals surface area contributed by atoms with Crippen molar-refractivity contribution in [1.29, 1.82) is 0 Å². The van der Waals surface area contributed by atoms with Crippen molar-refractivity contribution in [3.05, 3.63) is 12.2 Å².